The van der Waals surface area contributed by atoms with Crippen molar-refractivity contribution in [2.45, 2.75) is 19.3 Å². The average molecular weight is 841 g/mol. The van der Waals surface area contributed by atoms with Crippen LogP contribution in [0.25, 0.3) is 0 Å². The zero-order chi connectivity index (χ0) is 6.53. The summed E-state index contributed by atoms with van der Waals surface area (Å²) in [5.74, 6) is 0. The molecule has 0 saturated carbocycles. The van der Waals surface area contributed by atoms with Crippen LogP contribution in [-0.4, -0.2) is 4.40 Å². The summed E-state index contributed by atoms with van der Waals surface area (Å²) in [5.41, 5.74) is 1.40. The molecule has 12 heavy (non-hydrogen) atoms. The predicted molar refractivity (Wildman–Crippen MR) is 35.8 cm³/mol. The van der Waals surface area contributed by atoms with Crippen LogP contribution in [0.1, 0.15) is 19.3 Å². The molecule has 1 rings (SSSR count). The van der Waals surface area contributed by atoms with Gasteiger partial charge in [-0.15, -0.1) is 0 Å². The molecule has 0 radical (unpaired) electrons. The van der Waals surface area contributed by atoms with Crippen molar-refractivity contribution in [1.29, 1.82) is 0 Å². The number of hydrogen-bond acceptors (Lipinski definition) is 0. The zero-order valence-electron chi connectivity index (χ0n) is 6.49. The zero-order valence-corrected chi connectivity index (χ0v) is 18.2. The van der Waals surface area contributed by atoms with Gasteiger partial charge in [-0.05, 0) is 0 Å². The Labute approximate surface area is 128 Å². The van der Waals surface area contributed by atoms with E-state index in [1.807, 2.05) is 0 Å². The Kier molecular flexibility index (Phi) is 21.4. The van der Waals surface area contributed by atoms with Crippen molar-refractivity contribution in [2.24, 2.45) is 0 Å². The Hall–Kier alpha value is 2.10. The van der Waals surface area contributed by atoms with Crippen molar-refractivity contribution in [3.63, 3.8) is 0 Å². The Balaban J connectivity index is -0.000000270. The van der Waals surface area contributed by atoms with Crippen LogP contribution in [-0.2, 0) is 82.5 Å². The molecule has 0 N–H and O–H groups in total. The monoisotopic (exact) mass is 841 g/mol. The molecule has 1 aliphatic carbocycles. The number of allylic oxidation sites excluding steroid dienone is 4. The second-order valence-electron chi connectivity index (χ2n) is 2.05. The predicted octanol–water partition coefficient (Wildman–Crippen LogP) is 1.80. The second kappa shape index (κ2) is 13.1. The molecule has 0 aromatic carbocycles. The van der Waals surface area contributed by atoms with E-state index in [-0.39, 0.29) is 63.2 Å². The normalized spacial score (nSPS) is 13.8. The van der Waals surface area contributed by atoms with E-state index in [9.17, 15) is 0 Å². The van der Waals surface area contributed by atoms with Crippen LogP contribution in [0.3, 0.4) is 0 Å². The molecule has 0 amide bonds. The summed E-state index contributed by atoms with van der Waals surface area (Å²) in [6.45, 7) is 0. The van der Waals surface area contributed by atoms with Crippen molar-refractivity contribution >= 4 is 4.40 Å². The fourth-order valence-electron chi connectivity index (χ4n) is 0.914. The van der Waals surface area contributed by atoms with Crippen molar-refractivity contribution in [3.05, 3.63) is 23.8 Å². The first kappa shape index (κ1) is 19.6. The van der Waals surface area contributed by atoms with E-state index in [0.717, 1.165) is 6.42 Å². The molecule has 0 heterocycles. The molecule has 0 bridgehead atoms. The third-order valence-electron chi connectivity index (χ3n) is 1.35. The van der Waals surface area contributed by atoms with Gasteiger partial charge >= 0.3 is 66.8 Å². The molecule has 0 aliphatic heterocycles. The first-order valence-electron chi connectivity index (χ1n) is 3.15. The molecule has 0 saturated heterocycles. The van der Waals surface area contributed by atoms with E-state index in [2.05, 4.69) is 22.6 Å². The molecule has 0 unspecified atom stereocenters. The molecule has 0 nitrogen and oxygen atoms in total. The first-order chi connectivity index (χ1) is 4.43. The SMILES string of the molecule is [W].[W].[W].[W]=[CH]/C=C\C1=[C-]CCC1. The molecular formula is C8H9W4-. The van der Waals surface area contributed by atoms with Gasteiger partial charge in [-0.1, -0.05) is 0 Å². The molecule has 0 atom stereocenters. The standard InChI is InChI=1S/C8H9.4W/c1-2-5-8-6-3-4-7-8;;;;/h1-2,5H,3-4,6H2;;;;/q-1;;;;/b5-2-;;;;. The minimum absolute atomic E-state index is 0. The quantitative estimate of drug-likeness (QED) is 0.373. The van der Waals surface area contributed by atoms with Crippen LogP contribution < -0.4 is 0 Å². The Morgan fingerprint density at radius 3 is 2.33 bits per heavy atom. The first-order valence-corrected chi connectivity index (χ1v) is 4.84. The van der Waals surface area contributed by atoms with Crippen molar-refractivity contribution in [2.75, 3.05) is 0 Å². The van der Waals surface area contributed by atoms with Gasteiger partial charge in [0.25, 0.3) is 0 Å². The van der Waals surface area contributed by atoms with E-state index in [0.29, 0.717) is 0 Å². The Morgan fingerprint density at radius 2 is 1.92 bits per heavy atom. The summed E-state index contributed by atoms with van der Waals surface area (Å²) in [7, 11) is 0. The maximum atomic E-state index is 3.31. The van der Waals surface area contributed by atoms with Gasteiger partial charge in [0.05, 0.1) is 0 Å². The second-order valence-corrected chi connectivity index (χ2v) is 3.03. The van der Waals surface area contributed by atoms with Crippen molar-refractivity contribution in [1.82, 2.24) is 0 Å². The van der Waals surface area contributed by atoms with Crippen LogP contribution in [0.5, 0.6) is 0 Å². The van der Waals surface area contributed by atoms with Gasteiger partial charge < -0.3 is 0 Å². The molecular weight excluding hydrogens is 831 g/mol. The summed E-state index contributed by atoms with van der Waals surface area (Å²) in [5, 5.41) is 0. The van der Waals surface area contributed by atoms with Gasteiger partial charge in [0.1, 0.15) is 0 Å². The fourth-order valence-corrected chi connectivity index (χ4v) is 1.20. The summed E-state index contributed by atoms with van der Waals surface area (Å²) >= 11 is 1.51. The van der Waals surface area contributed by atoms with Crippen LogP contribution in [0, 0.1) is 6.08 Å². The summed E-state index contributed by atoms with van der Waals surface area (Å²) in [6.07, 6.45) is 11.3. The van der Waals surface area contributed by atoms with Crippen LogP contribution in [0.4, 0.5) is 0 Å². The van der Waals surface area contributed by atoms with Crippen LogP contribution >= 0.6 is 0 Å². The molecule has 0 aromatic heterocycles. The number of hydrogen-bond donors (Lipinski definition) is 0. The van der Waals surface area contributed by atoms with E-state index in [4.69, 9.17) is 0 Å². The van der Waals surface area contributed by atoms with Gasteiger partial charge in [0.2, 0.25) is 0 Å². The molecule has 0 aromatic rings. The van der Waals surface area contributed by atoms with E-state index >= 15 is 0 Å². The van der Waals surface area contributed by atoms with Crippen LogP contribution in [0.15, 0.2) is 17.7 Å². The Morgan fingerprint density at radius 1 is 1.25 bits per heavy atom. The summed E-state index contributed by atoms with van der Waals surface area (Å²) < 4.78 is 2.13. The van der Waals surface area contributed by atoms with Gasteiger partial charge in [0.15, 0.2) is 0 Å². The van der Waals surface area contributed by atoms with Gasteiger partial charge in [-0.2, -0.15) is 0 Å². The van der Waals surface area contributed by atoms with Crippen LogP contribution in [0.2, 0.25) is 0 Å². The molecule has 4 heteroatoms. The third-order valence-corrected chi connectivity index (χ3v) is 1.92. The summed E-state index contributed by atoms with van der Waals surface area (Å²) in [6, 6.07) is 0. The van der Waals surface area contributed by atoms with Crippen molar-refractivity contribution < 1.29 is 82.5 Å². The Bertz CT molecular complexity index is 160. The van der Waals surface area contributed by atoms with E-state index < -0.39 is 0 Å². The topological polar surface area (TPSA) is 0 Å². The maximum absolute atomic E-state index is 3.31. The molecule has 0 fully saturated rings. The van der Waals surface area contributed by atoms with Crippen molar-refractivity contribution in [3.8, 4) is 0 Å². The molecule has 1 aliphatic rings. The average Bonchev–Trinajstić information content (AvgIpc) is 2.34. The van der Waals surface area contributed by atoms with Gasteiger partial charge in [-0.25, -0.2) is 0 Å². The summed E-state index contributed by atoms with van der Waals surface area (Å²) in [4.78, 5) is 0. The molecule has 66 valence electrons. The number of rotatable bonds is 2. The van der Waals surface area contributed by atoms with E-state index in [1.54, 1.807) is 0 Å². The van der Waals surface area contributed by atoms with Gasteiger partial charge in [-0.3, -0.25) is 0 Å². The third kappa shape index (κ3) is 8.69. The molecule has 0 spiro atoms. The van der Waals surface area contributed by atoms with E-state index in [1.165, 1.54) is 37.8 Å². The van der Waals surface area contributed by atoms with Gasteiger partial charge in [0, 0.05) is 63.2 Å². The fraction of sp³-hybridized carbons (Fsp3) is 0.375. The minimum atomic E-state index is 0.